The van der Waals surface area contributed by atoms with Gasteiger partial charge in [-0.1, -0.05) is 0 Å². The Hall–Kier alpha value is -0.330. The highest BCUT2D eigenvalue weighted by molar-refractivity contribution is 5.58. The average molecular weight is 110 g/mol. The van der Waals surface area contributed by atoms with Gasteiger partial charge in [-0.15, -0.1) is 0 Å². The molecule has 0 heterocycles. The van der Waals surface area contributed by atoms with Gasteiger partial charge in [-0.2, -0.15) is 0 Å². The number of rotatable bonds is 2. The van der Waals surface area contributed by atoms with Crippen molar-refractivity contribution in [1.29, 1.82) is 0 Å². The summed E-state index contributed by atoms with van der Waals surface area (Å²) in [7, 11) is 0. The zero-order valence-electron chi connectivity index (χ0n) is 4.84. The predicted octanol–water partition coefficient (Wildman–Crippen LogP) is 1.23. The number of hydrogen-bond donors (Lipinski definition) is 0. The van der Waals surface area contributed by atoms with Gasteiger partial charge in [0.2, 0.25) is 0 Å². The Morgan fingerprint density at radius 3 is 2.50 bits per heavy atom. The van der Waals surface area contributed by atoms with Gasteiger partial charge in [-0.05, 0) is 31.1 Å². The zero-order chi connectivity index (χ0) is 5.56. The van der Waals surface area contributed by atoms with Gasteiger partial charge in [0, 0.05) is 5.92 Å². The summed E-state index contributed by atoms with van der Waals surface area (Å²) in [6.07, 6.45) is 5.13. The van der Waals surface area contributed by atoms with E-state index in [0.29, 0.717) is 5.92 Å². The van der Waals surface area contributed by atoms with Crippen LogP contribution in [0.15, 0.2) is 0 Å². The molecule has 1 nitrogen and oxygen atoms in total. The second-order valence-corrected chi connectivity index (χ2v) is 3.04. The number of carbonyl (C=O) groups excluding carboxylic acids is 1. The fourth-order valence-corrected chi connectivity index (χ4v) is 1.46. The molecule has 0 bridgehead atoms. The van der Waals surface area contributed by atoms with E-state index in [0.717, 1.165) is 18.1 Å². The van der Waals surface area contributed by atoms with Crippen LogP contribution in [0, 0.1) is 17.8 Å². The Morgan fingerprint density at radius 2 is 2.12 bits per heavy atom. The van der Waals surface area contributed by atoms with Crippen LogP contribution in [0.3, 0.4) is 0 Å². The molecule has 0 aromatic carbocycles. The first kappa shape index (κ1) is 4.54. The van der Waals surface area contributed by atoms with Crippen molar-refractivity contribution >= 4 is 6.29 Å². The van der Waals surface area contributed by atoms with E-state index in [1.54, 1.807) is 0 Å². The minimum absolute atomic E-state index is 0.475. The number of aldehydes is 1. The first-order valence-corrected chi connectivity index (χ1v) is 3.37. The Morgan fingerprint density at radius 1 is 1.38 bits per heavy atom. The highest BCUT2D eigenvalue weighted by atomic mass is 16.1. The topological polar surface area (TPSA) is 17.1 Å². The van der Waals surface area contributed by atoms with Gasteiger partial charge in [0.15, 0.2) is 0 Å². The van der Waals surface area contributed by atoms with Crippen LogP contribution in [0.1, 0.15) is 19.3 Å². The summed E-state index contributed by atoms with van der Waals surface area (Å²) in [6, 6.07) is 0. The van der Waals surface area contributed by atoms with Crippen molar-refractivity contribution in [3.8, 4) is 0 Å². The van der Waals surface area contributed by atoms with Crippen molar-refractivity contribution in [2.75, 3.05) is 0 Å². The second kappa shape index (κ2) is 1.34. The van der Waals surface area contributed by atoms with Gasteiger partial charge in [0.05, 0.1) is 0 Å². The van der Waals surface area contributed by atoms with Crippen LogP contribution in [-0.4, -0.2) is 6.29 Å². The molecule has 0 amide bonds. The molecule has 8 heavy (non-hydrogen) atoms. The van der Waals surface area contributed by atoms with E-state index >= 15 is 0 Å². The van der Waals surface area contributed by atoms with E-state index in [1.807, 2.05) is 0 Å². The van der Waals surface area contributed by atoms with Crippen molar-refractivity contribution in [1.82, 2.24) is 0 Å². The molecule has 0 N–H and O–H groups in total. The van der Waals surface area contributed by atoms with Crippen LogP contribution in [0.2, 0.25) is 0 Å². The third kappa shape index (κ3) is 0.575. The molecule has 0 saturated heterocycles. The molecule has 2 aliphatic rings. The summed E-state index contributed by atoms with van der Waals surface area (Å²) in [5.74, 6) is 2.26. The van der Waals surface area contributed by atoms with E-state index in [9.17, 15) is 4.79 Å². The fraction of sp³-hybridized carbons (Fsp3) is 0.857. The van der Waals surface area contributed by atoms with Crippen molar-refractivity contribution in [2.24, 2.45) is 17.8 Å². The molecule has 0 radical (unpaired) electrons. The normalized spacial score (nSPS) is 44.0. The van der Waals surface area contributed by atoms with Crippen LogP contribution in [0.5, 0.6) is 0 Å². The number of carbonyl (C=O) groups is 1. The largest absolute Gasteiger partial charge is 0.303 e. The lowest BCUT2D eigenvalue weighted by Crippen LogP contribution is -1.83. The molecule has 1 heteroatoms. The zero-order valence-corrected chi connectivity index (χ0v) is 4.84. The fourth-order valence-electron chi connectivity index (χ4n) is 1.46. The Bertz CT molecular complexity index is 116. The van der Waals surface area contributed by atoms with Crippen LogP contribution in [0.4, 0.5) is 0 Å². The summed E-state index contributed by atoms with van der Waals surface area (Å²) in [4.78, 5) is 10.1. The predicted molar refractivity (Wildman–Crippen MR) is 30.4 cm³/mol. The molecule has 0 aliphatic heterocycles. The highest BCUT2D eigenvalue weighted by Crippen LogP contribution is 2.53. The van der Waals surface area contributed by atoms with Crippen LogP contribution in [0.25, 0.3) is 0 Å². The molecule has 2 rings (SSSR count). The lowest BCUT2D eigenvalue weighted by atomic mass is 10.2. The maximum Gasteiger partial charge on any atom is 0.123 e. The molecule has 2 saturated carbocycles. The molecule has 44 valence electrons. The molecule has 2 atom stereocenters. The molecule has 2 aliphatic carbocycles. The SMILES string of the molecule is O=C[C@@H]1C[C@@H]1C1CC1. The van der Waals surface area contributed by atoms with E-state index in [-0.39, 0.29) is 0 Å². The van der Waals surface area contributed by atoms with Gasteiger partial charge in [-0.3, -0.25) is 0 Å². The van der Waals surface area contributed by atoms with E-state index in [1.165, 1.54) is 19.3 Å². The van der Waals surface area contributed by atoms with Crippen LogP contribution in [-0.2, 0) is 4.79 Å². The van der Waals surface area contributed by atoms with Crippen LogP contribution >= 0.6 is 0 Å². The monoisotopic (exact) mass is 110 g/mol. The van der Waals surface area contributed by atoms with Crippen LogP contribution < -0.4 is 0 Å². The summed E-state index contributed by atoms with van der Waals surface area (Å²) in [5, 5.41) is 0. The van der Waals surface area contributed by atoms with E-state index < -0.39 is 0 Å². The lowest BCUT2D eigenvalue weighted by molar-refractivity contribution is -0.109. The maximum absolute atomic E-state index is 10.1. The van der Waals surface area contributed by atoms with Crippen molar-refractivity contribution < 1.29 is 4.79 Å². The van der Waals surface area contributed by atoms with Crippen molar-refractivity contribution in [3.05, 3.63) is 0 Å². The molecule has 0 aromatic rings. The van der Waals surface area contributed by atoms with E-state index in [4.69, 9.17) is 0 Å². The first-order valence-electron chi connectivity index (χ1n) is 3.37. The molecule has 2 fully saturated rings. The molecule has 0 unspecified atom stereocenters. The summed E-state index contributed by atoms with van der Waals surface area (Å²) < 4.78 is 0. The third-order valence-electron chi connectivity index (χ3n) is 2.29. The van der Waals surface area contributed by atoms with Gasteiger partial charge >= 0.3 is 0 Å². The molecule has 0 spiro atoms. The quantitative estimate of drug-likeness (QED) is 0.489. The molecular formula is C7H10O. The lowest BCUT2D eigenvalue weighted by Gasteiger charge is -1.82. The van der Waals surface area contributed by atoms with Gasteiger partial charge in [0.1, 0.15) is 6.29 Å². The minimum Gasteiger partial charge on any atom is -0.303 e. The summed E-state index contributed by atoms with van der Waals surface area (Å²) in [5.41, 5.74) is 0. The van der Waals surface area contributed by atoms with Gasteiger partial charge in [-0.25, -0.2) is 0 Å². The standard InChI is InChI=1S/C7H10O/c8-4-6-3-7(6)5-1-2-5/h4-7H,1-3H2/t6-,7+/m0/s1. The first-order chi connectivity index (χ1) is 3.92. The smallest absolute Gasteiger partial charge is 0.123 e. The summed E-state index contributed by atoms with van der Waals surface area (Å²) >= 11 is 0. The van der Waals surface area contributed by atoms with Gasteiger partial charge < -0.3 is 4.79 Å². The number of hydrogen-bond acceptors (Lipinski definition) is 1. The molecule has 0 aromatic heterocycles. The maximum atomic E-state index is 10.1. The Kier molecular flexibility index (Phi) is 0.758. The van der Waals surface area contributed by atoms with Crippen molar-refractivity contribution in [3.63, 3.8) is 0 Å². The highest BCUT2D eigenvalue weighted by Gasteiger charge is 2.46. The average Bonchev–Trinajstić information content (AvgIpc) is 2.62. The second-order valence-electron chi connectivity index (χ2n) is 3.04. The van der Waals surface area contributed by atoms with E-state index in [2.05, 4.69) is 0 Å². The Balaban J connectivity index is 1.86. The minimum atomic E-state index is 0.475. The summed E-state index contributed by atoms with van der Waals surface area (Å²) in [6.45, 7) is 0. The van der Waals surface area contributed by atoms with Crippen molar-refractivity contribution in [2.45, 2.75) is 19.3 Å². The third-order valence-corrected chi connectivity index (χ3v) is 2.29. The Labute approximate surface area is 49.1 Å². The molecular weight excluding hydrogens is 100 g/mol. The van der Waals surface area contributed by atoms with Gasteiger partial charge in [0.25, 0.3) is 0 Å².